The first-order valence-corrected chi connectivity index (χ1v) is 7.06. The van der Waals surface area contributed by atoms with Gasteiger partial charge in [0.1, 0.15) is 0 Å². The maximum atomic E-state index is 13.7. The van der Waals surface area contributed by atoms with E-state index in [4.69, 9.17) is 27.9 Å². The fourth-order valence-corrected chi connectivity index (χ4v) is 2.73. The normalized spacial score (nSPS) is 12.3. The van der Waals surface area contributed by atoms with E-state index in [1.807, 2.05) is 18.2 Å². The molecule has 2 rings (SSSR count). The van der Waals surface area contributed by atoms with Gasteiger partial charge in [-0.1, -0.05) is 29.8 Å². The van der Waals surface area contributed by atoms with E-state index in [0.717, 1.165) is 10.0 Å². The Morgan fingerprint density at radius 2 is 2.00 bits per heavy atom. The molecule has 2 aromatic rings. The van der Waals surface area contributed by atoms with Crippen LogP contribution in [-0.2, 0) is 0 Å². The second kappa shape index (κ2) is 6.12. The highest BCUT2D eigenvalue weighted by atomic mass is 79.9. The highest BCUT2D eigenvalue weighted by molar-refractivity contribution is 9.10. The van der Waals surface area contributed by atoms with Gasteiger partial charge in [0.15, 0.2) is 11.6 Å². The highest BCUT2D eigenvalue weighted by Crippen LogP contribution is 2.37. The fraction of sp³-hybridized carbons (Fsp3) is 0.143. The molecular formula is C14H10BrCl2FO. The van der Waals surface area contributed by atoms with Crippen LogP contribution in [-0.4, -0.2) is 7.11 Å². The van der Waals surface area contributed by atoms with E-state index < -0.39 is 11.2 Å². The molecule has 0 fully saturated rings. The molecule has 2 aromatic carbocycles. The average molecular weight is 364 g/mol. The summed E-state index contributed by atoms with van der Waals surface area (Å²) in [6, 6.07) is 10.1. The maximum absolute atomic E-state index is 13.7. The van der Waals surface area contributed by atoms with E-state index in [1.54, 1.807) is 12.1 Å². The van der Waals surface area contributed by atoms with Gasteiger partial charge in [-0.2, -0.15) is 0 Å². The van der Waals surface area contributed by atoms with Crippen LogP contribution in [0.5, 0.6) is 5.75 Å². The van der Waals surface area contributed by atoms with Crippen LogP contribution < -0.4 is 4.74 Å². The molecule has 0 bridgehead atoms. The first-order chi connectivity index (χ1) is 9.04. The lowest BCUT2D eigenvalue weighted by molar-refractivity contribution is 0.386. The smallest absolute Gasteiger partial charge is 0.165 e. The lowest BCUT2D eigenvalue weighted by Gasteiger charge is -2.14. The first-order valence-electron chi connectivity index (χ1n) is 5.46. The number of rotatable bonds is 3. The Morgan fingerprint density at radius 1 is 1.26 bits per heavy atom. The molecule has 1 nitrogen and oxygen atoms in total. The van der Waals surface area contributed by atoms with Crippen LogP contribution >= 0.6 is 39.1 Å². The summed E-state index contributed by atoms with van der Waals surface area (Å²) in [4.78, 5) is 0. The zero-order chi connectivity index (χ0) is 14.0. The monoisotopic (exact) mass is 362 g/mol. The van der Waals surface area contributed by atoms with E-state index in [0.29, 0.717) is 10.6 Å². The van der Waals surface area contributed by atoms with Crippen LogP contribution in [0.4, 0.5) is 4.39 Å². The summed E-state index contributed by atoms with van der Waals surface area (Å²) < 4.78 is 19.3. The number of benzene rings is 2. The third kappa shape index (κ3) is 3.04. The molecule has 0 saturated carbocycles. The van der Waals surface area contributed by atoms with Crippen molar-refractivity contribution in [3.63, 3.8) is 0 Å². The van der Waals surface area contributed by atoms with E-state index in [2.05, 4.69) is 15.9 Å². The van der Waals surface area contributed by atoms with Crippen molar-refractivity contribution in [1.82, 2.24) is 0 Å². The Labute approximate surface area is 129 Å². The Balaban J connectivity index is 2.41. The topological polar surface area (TPSA) is 9.23 Å². The van der Waals surface area contributed by atoms with Crippen LogP contribution in [0.2, 0.25) is 5.02 Å². The molecular weight excluding hydrogens is 354 g/mol. The molecule has 0 radical (unpaired) electrons. The molecule has 19 heavy (non-hydrogen) atoms. The first kappa shape index (κ1) is 14.6. The van der Waals surface area contributed by atoms with Crippen molar-refractivity contribution in [2.24, 2.45) is 0 Å². The second-order valence-corrected chi connectivity index (χ2v) is 5.57. The second-order valence-electron chi connectivity index (χ2n) is 3.90. The minimum absolute atomic E-state index is 0.188. The van der Waals surface area contributed by atoms with Gasteiger partial charge in [-0.15, -0.1) is 11.6 Å². The third-order valence-electron chi connectivity index (χ3n) is 2.72. The predicted molar refractivity (Wildman–Crippen MR) is 79.8 cm³/mol. The molecule has 1 unspecified atom stereocenters. The molecule has 0 aromatic heterocycles. The Bertz CT molecular complexity index is 604. The summed E-state index contributed by atoms with van der Waals surface area (Å²) in [5, 5.41) is 0.00383. The van der Waals surface area contributed by atoms with Gasteiger partial charge in [-0.05, 0) is 45.3 Å². The third-order valence-corrected chi connectivity index (χ3v) is 4.52. The van der Waals surface area contributed by atoms with Crippen LogP contribution in [0.1, 0.15) is 16.5 Å². The Morgan fingerprint density at radius 3 is 2.63 bits per heavy atom. The number of hydrogen-bond donors (Lipinski definition) is 0. The number of alkyl halides is 1. The molecule has 0 amide bonds. The zero-order valence-corrected chi connectivity index (χ0v) is 13.1. The van der Waals surface area contributed by atoms with Gasteiger partial charge in [-0.3, -0.25) is 0 Å². The number of ether oxygens (including phenoxy) is 1. The van der Waals surface area contributed by atoms with Gasteiger partial charge in [0.05, 0.1) is 17.5 Å². The van der Waals surface area contributed by atoms with Crippen molar-refractivity contribution < 1.29 is 9.13 Å². The van der Waals surface area contributed by atoms with Crippen molar-refractivity contribution in [2.45, 2.75) is 5.38 Å². The Kier molecular flexibility index (Phi) is 4.71. The maximum Gasteiger partial charge on any atom is 0.165 e. The van der Waals surface area contributed by atoms with Gasteiger partial charge >= 0.3 is 0 Å². The molecule has 5 heteroatoms. The molecule has 0 N–H and O–H groups in total. The quantitative estimate of drug-likeness (QED) is 0.647. The molecule has 0 aliphatic heterocycles. The molecule has 0 heterocycles. The summed E-state index contributed by atoms with van der Waals surface area (Å²) in [6.07, 6.45) is 0. The van der Waals surface area contributed by atoms with Crippen molar-refractivity contribution in [3.8, 4) is 5.75 Å². The molecule has 0 saturated heterocycles. The average Bonchev–Trinajstić information content (AvgIpc) is 2.41. The molecule has 1 atom stereocenters. The molecule has 100 valence electrons. The van der Waals surface area contributed by atoms with Gasteiger partial charge in [-0.25, -0.2) is 4.39 Å². The number of halogens is 4. The van der Waals surface area contributed by atoms with Crippen molar-refractivity contribution in [2.75, 3.05) is 7.11 Å². The number of methoxy groups -OCH3 is 1. The van der Waals surface area contributed by atoms with E-state index in [1.165, 1.54) is 13.2 Å². The summed E-state index contributed by atoms with van der Waals surface area (Å²) in [5.41, 5.74) is 1.35. The van der Waals surface area contributed by atoms with Crippen molar-refractivity contribution >= 4 is 39.1 Å². The Hall–Kier alpha value is -0.770. The van der Waals surface area contributed by atoms with Crippen LogP contribution in [0.3, 0.4) is 0 Å². The summed E-state index contributed by atoms with van der Waals surface area (Å²) in [6.45, 7) is 0. The standard InChI is InChI=1S/C14H10BrCl2FO/c1-19-12-6-5-8(7-11(12)18)13(16)9-3-2-4-10(15)14(9)17/h2-7,13H,1H3. The highest BCUT2D eigenvalue weighted by Gasteiger charge is 2.17. The van der Waals surface area contributed by atoms with Crippen molar-refractivity contribution in [1.29, 1.82) is 0 Å². The van der Waals surface area contributed by atoms with Crippen molar-refractivity contribution in [3.05, 3.63) is 62.8 Å². The van der Waals surface area contributed by atoms with E-state index in [9.17, 15) is 4.39 Å². The molecule has 0 aliphatic rings. The summed E-state index contributed by atoms with van der Waals surface area (Å²) in [5.74, 6) is -0.260. The van der Waals surface area contributed by atoms with Gasteiger partial charge in [0, 0.05) is 4.47 Å². The van der Waals surface area contributed by atoms with Gasteiger partial charge in [0.2, 0.25) is 0 Å². The fourth-order valence-electron chi connectivity index (χ4n) is 1.74. The minimum Gasteiger partial charge on any atom is -0.494 e. The predicted octanol–water partition coefficient (Wildman–Crippen LogP) is 5.58. The lowest BCUT2D eigenvalue weighted by atomic mass is 10.0. The van der Waals surface area contributed by atoms with Crippen LogP contribution in [0.15, 0.2) is 40.9 Å². The molecule has 0 aliphatic carbocycles. The molecule has 0 spiro atoms. The van der Waals surface area contributed by atoms with E-state index >= 15 is 0 Å². The largest absolute Gasteiger partial charge is 0.494 e. The van der Waals surface area contributed by atoms with Gasteiger partial charge < -0.3 is 4.74 Å². The zero-order valence-electron chi connectivity index (χ0n) is 9.96. The summed E-state index contributed by atoms with van der Waals surface area (Å²) in [7, 11) is 1.42. The van der Waals surface area contributed by atoms with Crippen LogP contribution in [0, 0.1) is 5.82 Å². The number of hydrogen-bond acceptors (Lipinski definition) is 1. The van der Waals surface area contributed by atoms with Crippen LogP contribution in [0.25, 0.3) is 0 Å². The minimum atomic E-state index is -0.523. The van der Waals surface area contributed by atoms with Gasteiger partial charge in [0.25, 0.3) is 0 Å². The van der Waals surface area contributed by atoms with E-state index in [-0.39, 0.29) is 5.75 Å². The SMILES string of the molecule is COc1ccc(C(Cl)c2cccc(Br)c2Cl)cc1F. The summed E-state index contributed by atoms with van der Waals surface area (Å²) >= 11 is 15.9. The lowest BCUT2D eigenvalue weighted by Crippen LogP contribution is -1.97.